The number of aliphatic carboxylic acids is 1. The Morgan fingerprint density at radius 3 is 2.36 bits per heavy atom. The minimum Gasteiger partial charge on any atom is -0.508 e. The van der Waals surface area contributed by atoms with Gasteiger partial charge in [-0.25, -0.2) is 4.79 Å². The number of piperazine rings is 1. The first-order valence-corrected chi connectivity index (χ1v) is 12.9. The third-order valence-electron chi connectivity index (χ3n) is 6.17. The first kappa shape index (κ1) is 27.9. The van der Waals surface area contributed by atoms with Gasteiger partial charge in [-0.1, -0.05) is 12.1 Å². The van der Waals surface area contributed by atoms with Gasteiger partial charge in [0.2, 0.25) is 17.8 Å². The molecule has 1 aliphatic rings. The normalized spacial score (nSPS) is 14.6. The maximum Gasteiger partial charge on any atom is 0.333 e. The lowest BCUT2D eigenvalue weighted by atomic mass is 10.1. The van der Waals surface area contributed by atoms with Crippen LogP contribution in [0.25, 0.3) is 0 Å². The summed E-state index contributed by atoms with van der Waals surface area (Å²) in [6.07, 6.45) is -0.573. The summed E-state index contributed by atoms with van der Waals surface area (Å²) in [6, 6.07) is 14.0. The number of nitrogens with one attached hydrogen (secondary N) is 2. The molecular formula is C27H35N7O5. The van der Waals surface area contributed by atoms with Gasteiger partial charge < -0.3 is 40.1 Å². The van der Waals surface area contributed by atoms with Crippen LogP contribution in [0, 0.1) is 0 Å². The predicted molar refractivity (Wildman–Crippen MR) is 148 cm³/mol. The van der Waals surface area contributed by atoms with Crippen LogP contribution in [0.5, 0.6) is 11.5 Å². The molecule has 4 N–H and O–H groups in total. The molecule has 3 aromatic rings. The highest BCUT2D eigenvalue weighted by atomic mass is 16.5. The van der Waals surface area contributed by atoms with Crippen LogP contribution in [0.4, 0.5) is 23.5 Å². The molecule has 12 nitrogen and oxygen atoms in total. The average molecular weight is 538 g/mol. The van der Waals surface area contributed by atoms with E-state index in [9.17, 15) is 15.0 Å². The fourth-order valence-electron chi connectivity index (χ4n) is 4.01. The molecule has 2 aromatic carbocycles. The van der Waals surface area contributed by atoms with E-state index in [1.807, 2.05) is 24.3 Å². The van der Waals surface area contributed by atoms with E-state index < -0.39 is 12.1 Å². The number of aromatic nitrogens is 3. The van der Waals surface area contributed by atoms with Gasteiger partial charge in [0.25, 0.3) is 0 Å². The van der Waals surface area contributed by atoms with Gasteiger partial charge in [0, 0.05) is 44.9 Å². The SMILES string of the molecule is CCOC(Cc1ccc(OCCNc2nc(Nc3ccc(O)cc3)nc(N3CCN(C)CC3)n2)cc1)C(=O)O. The van der Waals surface area contributed by atoms with Crippen LogP contribution >= 0.6 is 0 Å². The van der Waals surface area contributed by atoms with Gasteiger partial charge in [0.1, 0.15) is 18.1 Å². The minimum atomic E-state index is -0.973. The van der Waals surface area contributed by atoms with Gasteiger partial charge in [-0.2, -0.15) is 15.0 Å². The van der Waals surface area contributed by atoms with Crippen LogP contribution in [-0.4, -0.2) is 95.1 Å². The number of nitrogens with zero attached hydrogens (tertiary/aromatic N) is 5. The number of aromatic hydroxyl groups is 1. The van der Waals surface area contributed by atoms with Crippen LogP contribution in [0.2, 0.25) is 0 Å². The molecule has 1 saturated heterocycles. The van der Waals surface area contributed by atoms with Crippen molar-refractivity contribution in [2.24, 2.45) is 0 Å². The molecule has 1 aliphatic heterocycles. The van der Waals surface area contributed by atoms with Gasteiger partial charge >= 0.3 is 5.97 Å². The second-order valence-electron chi connectivity index (χ2n) is 9.15. The zero-order valence-electron chi connectivity index (χ0n) is 22.2. The Morgan fingerprint density at radius 2 is 1.69 bits per heavy atom. The second kappa shape index (κ2) is 13.6. The van der Waals surface area contributed by atoms with Crippen molar-refractivity contribution >= 4 is 29.5 Å². The number of hydrogen-bond donors (Lipinski definition) is 4. The van der Waals surface area contributed by atoms with Crippen molar-refractivity contribution in [1.29, 1.82) is 0 Å². The van der Waals surface area contributed by atoms with E-state index in [0.29, 0.717) is 49.8 Å². The standard InChI is InChI=1S/C27H35N7O5/c1-3-38-23(24(36)37)18-19-4-10-22(11-5-19)39-17-12-28-25-30-26(29-20-6-8-21(35)9-7-20)32-27(31-25)34-15-13-33(2)14-16-34/h4-11,23,35H,3,12-18H2,1-2H3,(H,36,37)(H2,28,29,30,31,32). The summed E-state index contributed by atoms with van der Waals surface area (Å²) >= 11 is 0. The fourth-order valence-corrected chi connectivity index (χ4v) is 4.01. The monoisotopic (exact) mass is 537 g/mol. The Labute approximate surface area is 227 Å². The molecule has 1 atom stereocenters. The molecule has 4 rings (SSSR count). The molecule has 0 saturated carbocycles. The first-order chi connectivity index (χ1) is 18.9. The molecule has 0 bridgehead atoms. The molecular weight excluding hydrogens is 502 g/mol. The van der Waals surface area contributed by atoms with Gasteiger partial charge in [0.05, 0.1) is 6.54 Å². The lowest BCUT2D eigenvalue weighted by Crippen LogP contribution is -2.45. The summed E-state index contributed by atoms with van der Waals surface area (Å²) < 4.78 is 11.1. The molecule has 1 aromatic heterocycles. The van der Waals surface area contributed by atoms with Crippen molar-refractivity contribution in [2.45, 2.75) is 19.4 Å². The molecule has 208 valence electrons. The van der Waals surface area contributed by atoms with Gasteiger partial charge in [-0.05, 0) is 55.9 Å². The average Bonchev–Trinajstić information content (AvgIpc) is 2.93. The minimum absolute atomic E-state index is 0.182. The lowest BCUT2D eigenvalue weighted by molar-refractivity contribution is -0.149. The molecule has 1 unspecified atom stereocenters. The highest BCUT2D eigenvalue weighted by molar-refractivity contribution is 5.72. The molecule has 1 fully saturated rings. The quantitative estimate of drug-likeness (QED) is 0.188. The number of carboxylic acid groups (broad SMARTS) is 1. The second-order valence-corrected chi connectivity index (χ2v) is 9.15. The summed E-state index contributed by atoms with van der Waals surface area (Å²) in [5.41, 5.74) is 1.61. The first-order valence-electron chi connectivity index (χ1n) is 12.9. The van der Waals surface area contributed by atoms with E-state index in [4.69, 9.17) is 9.47 Å². The molecule has 0 radical (unpaired) electrons. The number of rotatable bonds is 13. The van der Waals surface area contributed by atoms with Crippen LogP contribution in [0.1, 0.15) is 12.5 Å². The number of likely N-dealkylation sites (N-methyl/N-ethyl adjacent to an activating group) is 1. The summed E-state index contributed by atoms with van der Waals surface area (Å²) in [5, 5.41) is 25.2. The Kier molecular flexibility index (Phi) is 9.70. The Hall–Kier alpha value is -4.16. The van der Waals surface area contributed by atoms with E-state index >= 15 is 0 Å². The smallest absolute Gasteiger partial charge is 0.333 e. The zero-order chi connectivity index (χ0) is 27.6. The van der Waals surface area contributed by atoms with E-state index in [-0.39, 0.29) is 5.75 Å². The Balaban J connectivity index is 1.35. The predicted octanol–water partition coefficient (Wildman–Crippen LogP) is 2.60. The third kappa shape index (κ3) is 8.42. The largest absolute Gasteiger partial charge is 0.508 e. The molecule has 39 heavy (non-hydrogen) atoms. The number of anilines is 4. The summed E-state index contributed by atoms with van der Waals surface area (Å²) in [7, 11) is 2.09. The number of phenolic OH excluding ortho intramolecular Hbond substituents is 1. The van der Waals surface area contributed by atoms with Crippen molar-refractivity contribution in [3.05, 3.63) is 54.1 Å². The van der Waals surface area contributed by atoms with Gasteiger partial charge in [0.15, 0.2) is 6.10 Å². The molecule has 2 heterocycles. The maximum atomic E-state index is 11.3. The zero-order valence-corrected chi connectivity index (χ0v) is 22.2. The fraction of sp³-hybridized carbons (Fsp3) is 0.407. The van der Waals surface area contributed by atoms with E-state index in [1.54, 1.807) is 31.2 Å². The number of ether oxygens (including phenoxy) is 2. The third-order valence-corrected chi connectivity index (χ3v) is 6.17. The molecule has 12 heteroatoms. The molecule has 0 aliphatic carbocycles. The molecule has 0 spiro atoms. The lowest BCUT2D eigenvalue weighted by Gasteiger charge is -2.32. The highest BCUT2D eigenvalue weighted by Gasteiger charge is 2.19. The van der Waals surface area contributed by atoms with E-state index in [0.717, 1.165) is 37.4 Å². The summed E-state index contributed by atoms with van der Waals surface area (Å²) in [4.78, 5) is 29.5. The number of benzene rings is 2. The molecule has 0 amide bonds. The topological polar surface area (TPSA) is 145 Å². The van der Waals surface area contributed by atoms with Gasteiger partial charge in [-0.3, -0.25) is 0 Å². The van der Waals surface area contributed by atoms with Crippen molar-refractivity contribution in [2.75, 3.05) is 68.5 Å². The van der Waals surface area contributed by atoms with Crippen LogP contribution in [0.15, 0.2) is 48.5 Å². The van der Waals surface area contributed by atoms with Crippen molar-refractivity contribution < 1.29 is 24.5 Å². The summed E-state index contributed by atoms with van der Waals surface area (Å²) in [6.45, 7) is 6.42. The van der Waals surface area contributed by atoms with E-state index in [2.05, 4.69) is 42.4 Å². The van der Waals surface area contributed by atoms with E-state index in [1.165, 1.54) is 0 Å². The van der Waals surface area contributed by atoms with Crippen molar-refractivity contribution in [3.8, 4) is 11.5 Å². The Morgan fingerprint density at radius 1 is 1.00 bits per heavy atom. The number of hydrogen-bond acceptors (Lipinski definition) is 11. The van der Waals surface area contributed by atoms with Gasteiger partial charge in [-0.15, -0.1) is 0 Å². The highest BCUT2D eigenvalue weighted by Crippen LogP contribution is 2.21. The van der Waals surface area contributed by atoms with Crippen LogP contribution in [0.3, 0.4) is 0 Å². The van der Waals surface area contributed by atoms with Crippen LogP contribution < -0.4 is 20.3 Å². The van der Waals surface area contributed by atoms with Crippen molar-refractivity contribution in [3.63, 3.8) is 0 Å². The number of carbonyl (C=O) groups is 1. The van der Waals surface area contributed by atoms with Crippen molar-refractivity contribution in [1.82, 2.24) is 19.9 Å². The summed E-state index contributed by atoms with van der Waals surface area (Å²) in [5.74, 6) is 1.29. The van der Waals surface area contributed by atoms with Crippen LogP contribution in [-0.2, 0) is 16.0 Å². The Bertz CT molecular complexity index is 1200. The number of phenols is 1. The maximum absolute atomic E-state index is 11.3. The number of carboxylic acids is 1.